The standard InChI is InChI=1S/C15H23BNO6PS.C14H19BBrNO3.C12H18BNO2.C2H2Br2O.CHCl3.CH5O3PS/c1-14(2)15(3,4)23-16(22-14)11-6-8-12(9-7-11)17-13(18)10-25-24(19,20)21-5;1-13(2)14(3,4)20-15(19-13)10-5-7-11(8-6-10)17-12(18)9-16;1-11(2)12(3,4)16-13(15-11)9-5-7-10(14)8-6-9;3-1-2(4)5;2-1(3)4;1-4-5(2,3)6/h6-9H,10H2,1-5H3,(H,17,18)(H,19,20);5-8H,9H2,1-4H3,(H,17,18);5-8H,14H2,1-4H3;1H2;1H;1H3,(H2,2,3,6). The molecule has 0 bridgehead atoms. The maximum absolute atomic E-state index is 11.8. The molecule has 3 aromatic rings. The van der Waals surface area contributed by atoms with Crippen LogP contribution >= 0.6 is 107 Å². The SMILES string of the molecule is CC1(C)OB(c2ccc(N)cc2)OC1(C)C.CC1(C)OB(c2ccc(NC(=O)CBr)cc2)OC1(C)C.COP(=O)(O)SCC(=O)Nc1ccc(B2OC(C)(C)C(C)(C)O2)cc1.COP(O)(O)=S.ClC(Cl)Cl.O=C(Br)CBr. The number of nitrogens with two attached hydrogens (primary N) is 1. The smallest absolute Gasteiger partial charge is 0.399 e. The molecule has 3 heterocycles. The summed E-state index contributed by atoms with van der Waals surface area (Å²) in [6.45, 7) is 17.2. The van der Waals surface area contributed by atoms with Crippen molar-refractivity contribution in [1.29, 1.82) is 0 Å². The van der Waals surface area contributed by atoms with Crippen molar-refractivity contribution in [3.05, 3.63) is 72.8 Å². The Kier molecular flexibility index (Phi) is 30.6. The van der Waals surface area contributed by atoms with Crippen molar-refractivity contribution in [2.45, 2.75) is 121 Å². The molecule has 31 heteroatoms. The van der Waals surface area contributed by atoms with E-state index in [1.165, 1.54) is 0 Å². The zero-order valence-corrected chi connectivity index (χ0v) is 55.1. The van der Waals surface area contributed by atoms with Crippen molar-refractivity contribution in [3.8, 4) is 0 Å². The molecule has 7 N–H and O–H groups in total. The molecule has 3 aromatic carbocycles. The molecule has 0 aliphatic carbocycles. The van der Waals surface area contributed by atoms with Gasteiger partial charge < -0.3 is 68.0 Å². The topological polar surface area (TPSA) is 253 Å². The lowest BCUT2D eigenvalue weighted by molar-refractivity contribution is -0.114. The van der Waals surface area contributed by atoms with Gasteiger partial charge in [0.2, 0.25) is 16.5 Å². The molecule has 3 fully saturated rings. The minimum atomic E-state index is -3.76. The van der Waals surface area contributed by atoms with Crippen LogP contribution in [-0.4, -0.2) is 121 Å². The van der Waals surface area contributed by atoms with Gasteiger partial charge >= 0.3 is 34.9 Å². The van der Waals surface area contributed by atoms with Crippen molar-refractivity contribution < 1.29 is 70.6 Å². The Bertz CT molecular complexity index is 2370. The number of nitrogens with one attached hydrogen (secondary N) is 2. The summed E-state index contributed by atoms with van der Waals surface area (Å²) in [6.07, 6.45) is 0. The van der Waals surface area contributed by atoms with Crippen LogP contribution in [-0.2, 0) is 67.7 Å². The highest BCUT2D eigenvalue weighted by molar-refractivity contribution is 9.19. The zero-order valence-electron chi connectivity index (χ0n) is 44.7. The molecule has 426 valence electrons. The molecular formula is C45H68B3Br3Cl3N3O15P2S2. The van der Waals surface area contributed by atoms with Crippen molar-refractivity contribution in [2.75, 3.05) is 47.0 Å². The van der Waals surface area contributed by atoms with Gasteiger partial charge in [-0.05, 0) is 175 Å². The van der Waals surface area contributed by atoms with Gasteiger partial charge in [0.15, 0.2) is 4.30 Å². The van der Waals surface area contributed by atoms with E-state index >= 15 is 0 Å². The average molecular weight is 1400 g/mol. The van der Waals surface area contributed by atoms with E-state index in [1.807, 2.05) is 144 Å². The summed E-state index contributed by atoms with van der Waals surface area (Å²) in [5.74, 6) is -0.645. The number of carbonyl (C=O) groups is 3. The van der Waals surface area contributed by atoms with Gasteiger partial charge in [-0.1, -0.05) is 103 Å². The fourth-order valence-corrected chi connectivity index (χ4v) is 7.38. The number of hydrogen-bond acceptors (Lipinski definition) is 15. The number of anilines is 3. The van der Waals surface area contributed by atoms with Crippen LogP contribution in [0.25, 0.3) is 0 Å². The first-order valence-electron chi connectivity index (χ1n) is 22.7. The lowest BCUT2D eigenvalue weighted by atomic mass is 9.79. The van der Waals surface area contributed by atoms with E-state index in [4.69, 9.17) is 78.2 Å². The number of hydrogen-bond donors (Lipinski definition) is 6. The number of rotatable bonds is 12. The Balaban J connectivity index is 0.000000508. The third-order valence-corrected chi connectivity index (χ3v) is 17.9. The third kappa shape index (κ3) is 25.7. The summed E-state index contributed by atoms with van der Waals surface area (Å²) in [6, 6.07) is 22.2. The van der Waals surface area contributed by atoms with Gasteiger partial charge in [-0.2, -0.15) is 0 Å². The fourth-order valence-electron chi connectivity index (χ4n) is 5.62. The minimum absolute atomic E-state index is 0.0162. The van der Waals surface area contributed by atoms with Crippen LogP contribution in [0.5, 0.6) is 0 Å². The van der Waals surface area contributed by atoms with E-state index in [-0.39, 0.29) is 64.2 Å². The second-order valence-electron chi connectivity index (χ2n) is 19.2. The first-order chi connectivity index (χ1) is 34.6. The highest BCUT2D eigenvalue weighted by atomic mass is 79.9. The molecule has 0 saturated carbocycles. The lowest BCUT2D eigenvalue weighted by Crippen LogP contribution is -2.41. The second kappa shape index (κ2) is 31.7. The Hall–Kier alpha value is -0.635. The molecule has 1 atom stereocenters. The maximum Gasteiger partial charge on any atom is 0.494 e. The molecule has 0 aromatic heterocycles. The van der Waals surface area contributed by atoms with Crippen molar-refractivity contribution in [1.82, 2.24) is 0 Å². The van der Waals surface area contributed by atoms with Crippen LogP contribution in [0.2, 0.25) is 0 Å². The molecule has 0 spiro atoms. The summed E-state index contributed by atoms with van der Waals surface area (Å²) in [5, 5.41) is 6.11. The Morgan fingerprint density at radius 2 is 0.855 bits per heavy atom. The van der Waals surface area contributed by atoms with Gasteiger partial charge in [-0.25, -0.2) is 4.57 Å². The maximum atomic E-state index is 11.8. The fraction of sp³-hybridized carbons (Fsp3) is 0.533. The predicted molar refractivity (Wildman–Crippen MR) is 326 cm³/mol. The molecule has 3 aliphatic heterocycles. The summed E-state index contributed by atoms with van der Waals surface area (Å²) in [7, 11) is 1.14. The first kappa shape index (κ1) is 73.4. The average Bonchev–Trinajstić information content (AvgIpc) is 3.78. The van der Waals surface area contributed by atoms with E-state index in [1.54, 1.807) is 12.1 Å². The summed E-state index contributed by atoms with van der Waals surface area (Å²) < 4.78 is 54.7. The molecule has 76 heavy (non-hydrogen) atoms. The Morgan fingerprint density at radius 3 is 1.08 bits per heavy atom. The molecule has 0 radical (unpaired) electrons. The van der Waals surface area contributed by atoms with Crippen LogP contribution in [0.3, 0.4) is 0 Å². The molecule has 3 saturated heterocycles. The van der Waals surface area contributed by atoms with Crippen molar-refractivity contribution >= 4 is 191 Å². The quantitative estimate of drug-likeness (QED) is 0.0325. The monoisotopic (exact) mass is 1390 g/mol. The zero-order chi connectivity index (χ0) is 58.9. The third-order valence-electron chi connectivity index (χ3n) is 12.0. The second-order valence-corrected chi connectivity index (χ2v) is 30.0. The Morgan fingerprint density at radius 1 is 0.605 bits per heavy atom. The van der Waals surface area contributed by atoms with E-state index in [0.29, 0.717) is 22.4 Å². The normalized spacial score (nSPS) is 18.8. The van der Waals surface area contributed by atoms with Crippen LogP contribution in [0.1, 0.15) is 83.1 Å². The van der Waals surface area contributed by atoms with Gasteiger partial charge in [0.25, 0.3) is 0 Å². The highest BCUT2D eigenvalue weighted by Crippen LogP contribution is 2.54. The summed E-state index contributed by atoms with van der Waals surface area (Å²) in [5.41, 5.74) is 8.43. The van der Waals surface area contributed by atoms with Gasteiger partial charge in [0, 0.05) is 31.3 Å². The molecule has 1 unspecified atom stereocenters. The number of nitrogen functional groups attached to an aromatic ring is 1. The van der Waals surface area contributed by atoms with Crippen LogP contribution < -0.4 is 32.8 Å². The largest absolute Gasteiger partial charge is 0.494 e. The van der Waals surface area contributed by atoms with Crippen LogP contribution in [0.4, 0.5) is 17.1 Å². The number of carbonyl (C=O) groups excluding carboxylic acids is 3. The number of alkyl halides is 5. The molecular weight excluding hydrogens is 1330 g/mol. The molecule has 18 nitrogen and oxygen atoms in total. The minimum Gasteiger partial charge on any atom is -0.399 e. The number of benzene rings is 3. The number of amides is 2. The van der Waals surface area contributed by atoms with E-state index < -0.39 is 36.1 Å². The van der Waals surface area contributed by atoms with Crippen LogP contribution in [0, 0.1) is 0 Å². The van der Waals surface area contributed by atoms with Gasteiger partial charge in [0.1, 0.15) is 0 Å². The Labute approximate surface area is 498 Å². The van der Waals surface area contributed by atoms with Gasteiger partial charge in [-0.3, -0.25) is 14.4 Å². The summed E-state index contributed by atoms with van der Waals surface area (Å²) >= 11 is 27.7. The predicted octanol–water partition coefficient (Wildman–Crippen LogP) is 9.42. The molecule has 6 rings (SSSR count). The van der Waals surface area contributed by atoms with Crippen molar-refractivity contribution in [3.63, 3.8) is 0 Å². The number of halogens is 6. The lowest BCUT2D eigenvalue weighted by Gasteiger charge is -2.32. The van der Waals surface area contributed by atoms with Gasteiger partial charge in [-0.15, -0.1) is 0 Å². The first-order valence-corrected chi connectivity index (χ1v) is 32.8. The molecule has 3 aliphatic rings. The highest BCUT2D eigenvalue weighted by Gasteiger charge is 2.53. The summed E-state index contributed by atoms with van der Waals surface area (Å²) in [4.78, 5) is 58.2. The van der Waals surface area contributed by atoms with E-state index in [0.717, 1.165) is 42.0 Å². The van der Waals surface area contributed by atoms with Crippen LogP contribution in [0.15, 0.2) is 72.8 Å². The van der Waals surface area contributed by atoms with Gasteiger partial charge in [0.05, 0.1) is 50.0 Å². The molecule has 2 amide bonds. The van der Waals surface area contributed by atoms with E-state index in [2.05, 4.69) is 79.3 Å². The van der Waals surface area contributed by atoms with Crippen molar-refractivity contribution in [2.24, 2.45) is 0 Å². The van der Waals surface area contributed by atoms with E-state index in [9.17, 15) is 23.8 Å².